The number of nitrogens with zero attached hydrogens (tertiary/aromatic N) is 1. The van der Waals surface area contributed by atoms with Gasteiger partial charge >= 0.3 is 0 Å². The lowest BCUT2D eigenvalue weighted by molar-refractivity contribution is -0.139. The van der Waals surface area contributed by atoms with Gasteiger partial charge in [-0.25, -0.2) is 0 Å². The van der Waals surface area contributed by atoms with Crippen molar-refractivity contribution in [2.24, 2.45) is 0 Å². The summed E-state index contributed by atoms with van der Waals surface area (Å²) >= 11 is 0. The summed E-state index contributed by atoms with van der Waals surface area (Å²) < 4.78 is 11.0. The zero-order valence-electron chi connectivity index (χ0n) is 19.5. The van der Waals surface area contributed by atoms with Crippen LogP contribution in [0, 0.1) is 0 Å². The van der Waals surface area contributed by atoms with E-state index in [-0.39, 0.29) is 24.0 Å². The number of benzene rings is 3. The molecule has 3 rings (SSSR count). The Kier molecular flexibility index (Phi) is 7.72. The molecule has 0 spiro atoms. The number of methoxy groups -OCH3 is 1. The summed E-state index contributed by atoms with van der Waals surface area (Å²) in [5, 5.41) is 2.84. The highest BCUT2D eigenvalue weighted by Crippen LogP contribution is 2.22. The molecule has 0 heterocycles. The van der Waals surface area contributed by atoms with Crippen molar-refractivity contribution in [2.45, 2.75) is 32.9 Å². The molecule has 3 aromatic rings. The molecule has 1 N–H and O–H groups in total. The lowest BCUT2D eigenvalue weighted by Crippen LogP contribution is -2.47. The van der Waals surface area contributed by atoms with Gasteiger partial charge in [0.1, 0.15) is 11.5 Å². The Hall–Kier alpha value is -3.80. The fraction of sp³-hybridized carbons (Fsp3) is 0.259. The van der Waals surface area contributed by atoms with Gasteiger partial charge in [-0.15, -0.1) is 0 Å². The zero-order valence-corrected chi connectivity index (χ0v) is 19.5. The maximum Gasteiger partial charge on any atom is 0.261 e. The van der Waals surface area contributed by atoms with Crippen LogP contribution in [0.4, 0.5) is 5.69 Å². The fourth-order valence-corrected chi connectivity index (χ4v) is 3.35. The number of para-hydroxylation sites is 1. The predicted molar refractivity (Wildman–Crippen MR) is 130 cm³/mol. The Bertz CT molecular complexity index is 1070. The third-order valence-electron chi connectivity index (χ3n) is 5.12. The number of carbonyl (C=O) groups excluding carboxylic acids is 2. The Morgan fingerprint density at radius 1 is 0.879 bits per heavy atom. The standard InChI is InChI=1S/C27H30N2O4/c1-27(2,3)29(18-20-10-6-5-7-11-20)25(30)19-33-22-16-14-21(15-17-22)28-26(31)23-12-8-9-13-24(23)32-4/h5-17H,18-19H2,1-4H3,(H,28,31). The van der Waals surface area contributed by atoms with E-state index in [0.29, 0.717) is 29.3 Å². The van der Waals surface area contributed by atoms with Crippen molar-refractivity contribution < 1.29 is 19.1 Å². The largest absolute Gasteiger partial charge is 0.496 e. The highest BCUT2D eigenvalue weighted by molar-refractivity contribution is 6.06. The van der Waals surface area contributed by atoms with Crippen LogP contribution < -0.4 is 14.8 Å². The van der Waals surface area contributed by atoms with Crippen molar-refractivity contribution in [3.63, 3.8) is 0 Å². The first-order chi connectivity index (χ1) is 15.8. The number of rotatable bonds is 8. The molecule has 2 amide bonds. The number of hydrogen-bond donors (Lipinski definition) is 1. The first-order valence-electron chi connectivity index (χ1n) is 10.8. The van der Waals surface area contributed by atoms with Crippen molar-refractivity contribution >= 4 is 17.5 Å². The molecule has 33 heavy (non-hydrogen) atoms. The van der Waals surface area contributed by atoms with Crippen LogP contribution in [0.2, 0.25) is 0 Å². The zero-order chi connectivity index (χ0) is 23.8. The molecule has 0 aliphatic carbocycles. The summed E-state index contributed by atoms with van der Waals surface area (Å²) in [5.41, 5.74) is 1.79. The molecule has 0 aliphatic heterocycles. The van der Waals surface area contributed by atoms with E-state index in [1.54, 1.807) is 42.5 Å². The number of carbonyl (C=O) groups is 2. The van der Waals surface area contributed by atoms with Gasteiger partial charge in [0.05, 0.1) is 12.7 Å². The third kappa shape index (κ3) is 6.59. The van der Waals surface area contributed by atoms with Crippen LogP contribution in [-0.4, -0.2) is 36.0 Å². The molecular formula is C27H30N2O4. The van der Waals surface area contributed by atoms with Gasteiger partial charge in [-0.1, -0.05) is 42.5 Å². The molecule has 172 valence electrons. The van der Waals surface area contributed by atoms with Crippen LogP contribution in [0.3, 0.4) is 0 Å². The average Bonchev–Trinajstić information content (AvgIpc) is 2.81. The summed E-state index contributed by atoms with van der Waals surface area (Å²) in [6.45, 7) is 6.46. The number of ether oxygens (including phenoxy) is 2. The maximum atomic E-state index is 12.9. The smallest absolute Gasteiger partial charge is 0.261 e. The number of amides is 2. The second kappa shape index (κ2) is 10.7. The third-order valence-corrected chi connectivity index (χ3v) is 5.12. The summed E-state index contributed by atoms with van der Waals surface area (Å²) in [6.07, 6.45) is 0. The number of anilines is 1. The van der Waals surface area contributed by atoms with E-state index < -0.39 is 0 Å². The Morgan fingerprint density at radius 3 is 2.15 bits per heavy atom. The number of hydrogen-bond acceptors (Lipinski definition) is 4. The minimum atomic E-state index is -0.344. The monoisotopic (exact) mass is 446 g/mol. The summed E-state index contributed by atoms with van der Waals surface area (Å²) in [7, 11) is 1.53. The molecular weight excluding hydrogens is 416 g/mol. The van der Waals surface area contributed by atoms with Gasteiger partial charge < -0.3 is 19.7 Å². The van der Waals surface area contributed by atoms with Gasteiger partial charge in [-0.05, 0) is 62.7 Å². The minimum Gasteiger partial charge on any atom is -0.496 e. The van der Waals surface area contributed by atoms with Gasteiger partial charge in [-0.2, -0.15) is 0 Å². The molecule has 0 atom stereocenters. The van der Waals surface area contributed by atoms with Gasteiger partial charge in [0.15, 0.2) is 6.61 Å². The Labute approximate surface area is 195 Å². The van der Waals surface area contributed by atoms with Gasteiger partial charge in [0.25, 0.3) is 11.8 Å². The predicted octanol–water partition coefficient (Wildman–Crippen LogP) is 5.15. The SMILES string of the molecule is COc1ccccc1C(=O)Nc1ccc(OCC(=O)N(Cc2ccccc2)C(C)(C)C)cc1. The van der Waals surface area contributed by atoms with Crippen molar-refractivity contribution in [3.8, 4) is 11.5 Å². The topological polar surface area (TPSA) is 67.9 Å². The van der Waals surface area contributed by atoms with E-state index in [1.807, 2.05) is 62.1 Å². The highest BCUT2D eigenvalue weighted by Gasteiger charge is 2.26. The van der Waals surface area contributed by atoms with Crippen LogP contribution in [-0.2, 0) is 11.3 Å². The average molecular weight is 447 g/mol. The summed E-state index contributed by atoms with van der Waals surface area (Å²) in [6, 6.07) is 23.8. The summed E-state index contributed by atoms with van der Waals surface area (Å²) in [4.78, 5) is 27.3. The first kappa shape index (κ1) is 23.9. The van der Waals surface area contributed by atoms with E-state index in [2.05, 4.69) is 5.32 Å². The molecule has 0 aliphatic rings. The second-order valence-corrected chi connectivity index (χ2v) is 8.60. The lowest BCUT2D eigenvalue weighted by atomic mass is 10.0. The Balaban J connectivity index is 1.60. The van der Waals surface area contributed by atoms with E-state index in [0.717, 1.165) is 5.56 Å². The maximum absolute atomic E-state index is 12.9. The number of nitrogens with one attached hydrogen (secondary N) is 1. The first-order valence-corrected chi connectivity index (χ1v) is 10.8. The quantitative estimate of drug-likeness (QED) is 0.519. The van der Waals surface area contributed by atoms with Crippen molar-refractivity contribution in [2.75, 3.05) is 19.0 Å². The normalized spacial score (nSPS) is 10.9. The highest BCUT2D eigenvalue weighted by atomic mass is 16.5. The van der Waals surface area contributed by atoms with Gasteiger partial charge in [0.2, 0.25) is 0 Å². The van der Waals surface area contributed by atoms with E-state index in [9.17, 15) is 9.59 Å². The molecule has 0 aromatic heterocycles. The molecule has 0 saturated heterocycles. The Morgan fingerprint density at radius 2 is 1.52 bits per heavy atom. The molecule has 0 fully saturated rings. The van der Waals surface area contributed by atoms with Crippen molar-refractivity contribution in [1.82, 2.24) is 4.90 Å². The molecule has 3 aromatic carbocycles. The van der Waals surface area contributed by atoms with E-state index >= 15 is 0 Å². The van der Waals surface area contributed by atoms with E-state index in [1.165, 1.54) is 7.11 Å². The molecule has 0 saturated carbocycles. The van der Waals surface area contributed by atoms with Crippen LogP contribution >= 0.6 is 0 Å². The molecule has 6 heteroatoms. The van der Waals surface area contributed by atoms with Crippen LogP contribution in [0.25, 0.3) is 0 Å². The van der Waals surface area contributed by atoms with Crippen LogP contribution in [0.15, 0.2) is 78.9 Å². The lowest BCUT2D eigenvalue weighted by Gasteiger charge is -2.35. The molecule has 6 nitrogen and oxygen atoms in total. The minimum absolute atomic E-state index is 0.0724. The van der Waals surface area contributed by atoms with Gasteiger partial charge in [0, 0.05) is 17.8 Å². The fourth-order valence-electron chi connectivity index (χ4n) is 3.35. The second-order valence-electron chi connectivity index (χ2n) is 8.60. The van der Waals surface area contributed by atoms with Gasteiger partial charge in [-0.3, -0.25) is 9.59 Å². The molecule has 0 bridgehead atoms. The molecule has 0 unspecified atom stereocenters. The summed E-state index contributed by atoms with van der Waals surface area (Å²) in [5.74, 6) is 0.692. The van der Waals surface area contributed by atoms with Crippen molar-refractivity contribution in [1.29, 1.82) is 0 Å². The van der Waals surface area contributed by atoms with Crippen molar-refractivity contribution in [3.05, 3.63) is 90.0 Å². The van der Waals surface area contributed by atoms with Crippen LogP contribution in [0.5, 0.6) is 11.5 Å². The van der Waals surface area contributed by atoms with Crippen LogP contribution in [0.1, 0.15) is 36.7 Å². The molecule has 0 radical (unpaired) electrons. The van der Waals surface area contributed by atoms with E-state index in [4.69, 9.17) is 9.47 Å².